The Morgan fingerprint density at radius 1 is 1.21 bits per heavy atom. The minimum absolute atomic E-state index is 0.369. The lowest BCUT2D eigenvalue weighted by Crippen LogP contribution is -2.21. The highest BCUT2D eigenvalue weighted by molar-refractivity contribution is 7.14. The first kappa shape index (κ1) is 11.3. The molecule has 1 saturated carbocycles. The van der Waals surface area contributed by atoms with E-state index in [1.807, 2.05) is 5.38 Å². The Labute approximate surface area is 113 Å². The summed E-state index contributed by atoms with van der Waals surface area (Å²) in [4.78, 5) is 6.76. The molecule has 1 aliphatic heterocycles. The first-order valence-electron chi connectivity index (χ1n) is 6.36. The van der Waals surface area contributed by atoms with E-state index in [0.717, 1.165) is 36.1 Å². The van der Waals surface area contributed by atoms with Crippen LogP contribution in [-0.2, 0) is 0 Å². The first-order chi connectivity index (χ1) is 9.20. The van der Waals surface area contributed by atoms with E-state index >= 15 is 0 Å². The molecular formula is C14H12F2N2S. The van der Waals surface area contributed by atoms with Gasteiger partial charge in [0.25, 0.3) is 0 Å². The van der Waals surface area contributed by atoms with Gasteiger partial charge in [0.05, 0.1) is 5.69 Å². The summed E-state index contributed by atoms with van der Waals surface area (Å²) >= 11 is 1.53. The maximum absolute atomic E-state index is 13.7. The summed E-state index contributed by atoms with van der Waals surface area (Å²) in [5.41, 5.74) is 0.964. The molecule has 2 nitrogen and oxygen atoms in total. The van der Waals surface area contributed by atoms with Gasteiger partial charge < -0.3 is 4.90 Å². The van der Waals surface area contributed by atoms with Crippen molar-refractivity contribution in [2.24, 2.45) is 11.8 Å². The van der Waals surface area contributed by atoms with E-state index in [2.05, 4.69) is 9.88 Å². The van der Waals surface area contributed by atoms with Crippen molar-refractivity contribution in [3.05, 3.63) is 35.2 Å². The molecule has 0 N–H and O–H groups in total. The normalized spacial score (nSPS) is 24.6. The van der Waals surface area contributed by atoms with Gasteiger partial charge in [-0.15, -0.1) is 11.3 Å². The molecule has 19 heavy (non-hydrogen) atoms. The predicted octanol–water partition coefficient (Wildman–Crippen LogP) is 3.54. The smallest absolute Gasteiger partial charge is 0.185 e. The van der Waals surface area contributed by atoms with Crippen molar-refractivity contribution >= 4 is 16.5 Å². The van der Waals surface area contributed by atoms with E-state index in [9.17, 15) is 8.78 Å². The van der Waals surface area contributed by atoms with Crippen LogP contribution in [0.5, 0.6) is 0 Å². The predicted molar refractivity (Wildman–Crippen MR) is 71.3 cm³/mol. The number of piperidine rings is 1. The second kappa shape index (κ2) is 4.00. The van der Waals surface area contributed by atoms with Gasteiger partial charge in [0.15, 0.2) is 5.13 Å². The first-order valence-corrected chi connectivity index (χ1v) is 7.24. The lowest BCUT2D eigenvalue weighted by molar-refractivity contribution is 0.585. The number of hydrogen-bond donors (Lipinski definition) is 0. The molecule has 0 radical (unpaired) electrons. The number of aromatic nitrogens is 1. The van der Waals surface area contributed by atoms with E-state index in [4.69, 9.17) is 0 Å². The number of fused-ring (bicyclic) bond motifs is 1. The summed E-state index contributed by atoms with van der Waals surface area (Å²) in [7, 11) is 0. The topological polar surface area (TPSA) is 16.1 Å². The zero-order chi connectivity index (χ0) is 13.0. The van der Waals surface area contributed by atoms with Crippen LogP contribution in [0.25, 0.3) is 11.3 Å². The van der Waals surface area contributed by atoms with E-state index in [1.165, 1.54) is 29.9 Å². The quantitative estimate of drug-likeness (QED) is 0.835. The van der Waals surface area contributed by atoms with Crippen LogP contribution in [0.1, 0.15) is 6.42 Å². The van der Waals surface area contributed by atoms with E-state index in [1.54, 1.807) is 0 Å². The van der Waals surface area contributed by atoms with Crippen molar-refractivity contribution in [2.45, 2.75) is 6.42 Å². The number of nitrogens with zero attached hydrogens (tertiary/aromatic N) is 2. The molecule has 2 fully saturated rings. The van der Waals surface area contributed by atoms with Gasteiger partial charge in [-0.05, 0) is 30.4 Å². The van der Waals surface area contributed by atoms with E-state index in [-0.39, 0.29) is 0 Å². The van der Waals surface area contributed by atoms with Crippen LogP contribution in [0.3, 0.4) is 0 Å². The number of anilines is 1. The third-order valence-corrected chi connectivity index (χ3v) is 4.85. The molecule has 2 atom stereocenters. The van der Waals surface area contributed by atoms with Crippen molar-refractivity contribution in [3.8, 4) is 11.3 Å². The molecule has 2 unspecified atom stereocenters. The van der Waals surface area contributed by atoms with E-state index in [0.29, 0.717) is 11.3 Å². The minimum atomic E-state index is -0.559. The molecule has 4 rings (SSSR count). The summed E-state index contributed by atoms with van der Waals surface area (Å²) in [6.07, 6.45) is 1.35. The second-order valence-corrected chi connectivity index (χ2v) is 6.14. The molecule has 5 heteroatoms. The molecule has 2 heterocycles. The lowest BCUT2D eigenvalue weighted by Gasteiger charge is -2.15. The maximum atomic E-state index is 13.7. The van der Waals surface area contributed by atoms with Crippen LogP contribution in [0, 0.1) is 23.5 Å². The largest absolute Gasteiger partial charge is 0.348 e. The summed E-state index contributed by atoms with van der Waals surface area (Å²) in [5.74, 6) is 0.572. The molecule has 1 aromatic carbocycles. The fourth-order valence-corrected chi connectivity index (χ4v) is 3.63. The number of halogens is 2. The molecule has 1 aromatic heterocycles. The summed E-state index contributed by atoms with van der Waals surface area (Å²) in [5, 5.41) is 2.79. The molecular weight excluding hydrogens is 266 g/mol. The minimum Gasteiger partial charge on any atom is -0.348 e. The maximum Gasteiger partial charge on any atom is 0.185 e. The van der Waals surface area contributed by atoms with Gasteiger partial charge in [0.2, 0.25) is 0 Å². The molecule has 1 saturated heterocycles. The van der Waals surface area contributed by atoms with Gasteiger partial charge >= 0.3 is 0 Å². The van der Waals surface area contributed by atoms with Gasteiger partial charge in [-0.2, -0.15) is 0 Å². The molecule has 2 aliphatic rings. The number of rotatable bonds is 2. The Morgan fingerprint density at radius 2 is 2.00 bits per heavy atom. The van der Waals surface area contributed by atoms with Crippen LogP contribution >= 0.6 is 11.3 Å². The number of thiazole rings is 1. The Kier molecular flexibility index (Phi) is 2.39. The summed E-state index contributed by atoms with van der Waals surface area (Å²) in [6, 6.07) is 3.62. The average molecular weight is 278 g/mol. The van der Waals surface area contributed by atoms with Gasteiger partial charge in [-0.1, -0.05) is 0 Å². The fraction of sp³-hybridized carbons (Fsp3) is 0.357. The Bertz CT molecular complexity index is 630. The molecule has 1 aliphatic carbocycles. The highest BCUT2D eigenvalue weighted by Gasteiger charge is 2.45. The van der Waals surface area contributed by atoms with Crippen LogP contribution in [0.2, 0.25) is 0 Å². The second-order valence-electron chi connectivity index (χ2n) is 5.30. The third-order valence-electron chi connectivity index (χ3n) is 3.95. The van der Waals surface area contributed by atoms with Crippen LogP contribution in [0.15, 0.2) is 23.6 Å². The van der Waals surface area contributed by atoms with Gasteiger partial charge in [0, 0.05) is 30.1 Å². The standard InChI is InChI=1S/C14H12F2N2S/c15-10-1-2-11(12(16)4-10)13-7-19-14(17-13)18-5-8-3-9(8)6-18/h1-2,4,7-9H,3,5-6H2. The van der Waals surface area contributed by atoms with Crippen LogP contribution in [-0.4, -0.2) is 18.1 Å². The zero-order valence-corrected chi connectivity index (χ0v) is 11.0. The summed E-state index contributed by atoms with van der Waals surface area (Å²) < 4.78 is 26.6. The molecule has 0 bridgehead atoms. The van der Waals surface area contributed by atoms with Crippen molar-refractivity contribution in [1.29, 1.82) is 0 Å². The van der Waals surface area contributed by atoms with Gasteiger partial charge in [0.1, 0.15) is 11.6 Å². The molecule has 2 aromatic rings. The Balaban J connectivity index is 1.63. The van der Waals surface area contributed by atoms with Crippen molar-refractivity contribution in [3.63, 3.8) is 0 Å². The number of hydrogen-bond acceptors (Lipinski definition) is 3. The SMILES string of the molecule is Fc1ccc(-c2csc(N3CC4CC4C3)n2)c(F)c1. The number of benzene rings is 1. The van der Waals surface area contributed by atoms with Gasteiger partial charge in [-0.25, -0.2) is 13.8 Å². The zero-order valence-electron chi connectivity index (χ0n) is 10.1. The molecule has 0 spiro atoms. The third kappa shape index (κ3) is 1.92. The Morgan fingerprint density at radius 3 is 2.74 bits per heavy atom. The fourth-order valence-electron chi connectivity index (χ4n) is 2.78. The van der Waals surface area contributed by atoms with Crippen molar-refractivity contribution in [1.82, 2.24) is 4.98 Å². The van der Waals surface area contributed by atoms with Crippen molar-refractivity contribution < 1.29 is 8.78 Å². The molecule has 98 valence electrons. The van der Waals surface area contributed by atoms with E-state index < -0.39 is 11.6 Å². The highest BCUT2D eigenvalue weighted by atomic mass is 32.1. The molecule has 0 amide bonds. The van der Waals surface area contributed by atoms with Crippen LogP contribution < -0.4 is 4.90 Å². The lowest BCUT2D eigenvalue weighted by atomic mass is 10.1. The summed E-state index contributed by atoms with van der Waals surface area (Å²) in [6.45, 7) is 2.15. The average Bonchev–Trinajstić information content (AvgIpc) is 2.81. The van der Waals surface area contributed by atoms with Crippen molar-refractivity contribution in [2.75, 3.05) is 18.0 Å². The highest BCUT2D eigenvalue weighted by Crippen LogP contribution is 2.47. The monoisotopic (exact) mass is 278 g/mol. The van der Waals surface area contributed by atoms with Crippen LogP contribution in [0.4, 0.5) is 13.9 Å². The van der Waals surface area contributed by atoms with Gasteiger partial charge in [-0.3, -0.25) is 0 Å². The Hall–Kier alpha value is -1.49.